The van der Waals surface area contributed by atoms with E-state index in [1.165, 1.54) is 12.5 Å². The van der Waals surface area contributed by atoms with E-state index < -0.39 is 17.6 Å². The van der Waals surface area contributed by atoms with Crippen molar-refractivity contribution in [2.24, 2.45) is 11.7 Å². The van der Waals surface area contributed by atoms with E-state index in [1.54, 1.807) is 0 Å². The number of benzene rings is 1. The minimum atomic E-state index is -4.66. The molecule has 0 heterocycles. The summed E-state index contributed by atoms with van der Waals surface area (Å²) in [6, 6.07) is 2.64. The Morgan fingerprint density at radius 2 is 1.74 bits per heavy atom. The van der Waals surface area contributed by atoms with Crippen LogP contribution in [0.5, 0.6) is 0 Å². The monoisotopic (exact) mass is 275 g/mol. The highest BCUT2D eigenvalue weighted by Crippen LogP contribution is 2.36. The first-order valence-electron chi connectivity index (χ1n) is 6.52. The Morgan fingerprint density at radius 1 is 1.11 bits per heavy atom. The maximum atomic E-state index is 13.5. The number of rotatable bonds is 2. The normalized spacial score (nSPS) is 19.4. The molecule has 1 aliphatic carbocycles. The van der Waals surface area contributed by atoms with Crippen LogP contribution < -0.4 is 5.73 Å². The first-order valence-corrected chi connectivity index (χ1v) is 6.52. The van der Waals surface area contributed by atoms with Crippen molar-refractivity contribution in [1.82, 2.24) is 0 Å². The molecule has 1 fully saturated rings. The van der Waals surface area contributed by atoms with Crippen molar-refractivity contribution in [2.45, 2.75) is 44.3 Å². The fraction of sp³-hybridized carbons (Fsp3) is 0.571. The van der Waals surface area contributed by atoms with E-state index in [2.05, 4.69) is 0 Å². The van der Waals surface area contributed by atoms with Crippen molar-refractivity contribution in [3.63, 3.8) is 0 Å². The predicted octanol–water partition coefficient (Wildman–Crippen LogP) is 4.42. The quantitative estimate of drug-likeness (QED) is 0.794. The summed E-state index contributed by atoms with van der Waals surface area (Å²) >= 11 is 0. The van der Waals surface area contributed by atoms with Gasteiger partial charge in [-0.1, -0.05) is 25.3 Å². The highest BCUT2D eigenvalue weighted by molar-refractivity contribution is 5.28. The topological polar surface area (TPSA) is 26.0 Å². The van der Waals surface area contributed by atoms with Gasteiger partial charge in [-0.25, -0.2) is 4.39 Å². The zero-order valence-electron chi connectivity index (χ0n) is 10.5. The van der Waals surface area contributed by atoms with Gasteiger partial charge in [0.25, 0.3) is 0 Å². The summed E-state index contributed by atoms with van der Waals surface area (Å²) in [5.41, 5.74) is 5.28. The van der Waals surface area contributed by atoms with Gasteiger partial charge in [-0.15, -0.1) is 0 Å². The fourth-order valence-corrected chi connectivity index (χ4v) is 2.73. The van der Waals surface area contributed by atoms with Crippen molar-refractivity contribution in [1.29, 1.82) is 0 Å². The zero-order chi connectivity index (χ0) is 14.0. The molecule has 0 bridgehead atoms. The average Bonchev–Trinajstić information content (AvgIpc) is 2.37. The Hall–Kier alpha value is -1.10. The van der Waals surface area contributed by atoms with Gasteiger partial charge in [0.1, 0.15) is 5.82 Å². The van der Waals surface area contributed by atoms with Gasteiger partial charge in [0.05, 0.1) is 5.56 Å². The Morgan fingerprint density at radius 3 is 2.26 bits per heavy atom. The van der Waals surface area contributed by atoms with Gasteiger partial charge in [-0.2, -0.15) is 13.2 Å². The summed E-state index contributed by atoms with van der Waals surface area (Å²) in [6.07, 6.45) is 0.610. The van der Waals surface area contributed by atoms with Crippen LogP contribution in [0.2, 0.25) is 0 Å². The van der Waals surface area contributed by atoms with Gasteiger partial charge in [-0.3, -0.25) is 0 Å². The molecular formula is C14H17F4N. The van der Waals surface area contributed by atoms with Crippen molar-refractivity contribution < 1.29 is 17.6 Å². The first-order chi connectivity index (χ1) is 8.89. The van der Waals surface area contributed by atoms with Gasteiger partial charge < -0.3 is 5.73 Å². The van der Waals surface area contributed by atoms with E-state index in [0.717, 1.165) is 37.8 Å². The molecule has 0 amide bonds. The number of alkyl halides is 3. The average molecular weight is 275 g/mol. The molecule has 1 aromatic carbocycles. The third-order valence-electron chi connectivity index (χ3n) is 3.84. The van der Waals surface area contributed by atoms with Gasteiger partial charge >= 0.3 is 6.18 Å². The van der Waals surface area contributed by atoms with E-state index in [0.29, 0.717) is 5.56 Å². The van der Waals surface area contributed by atoms with Crippen LogP contribution in [0.4, 0.5) is 17.6 Å². The Labute approximate surface area is 109 Å². The van der Waals surface area contributed by atoms with Crippen LogP contribution >= 0.6 is 0 Å². The lowest BCUT2D eigenvalue weighted by molar-refractivity contribution is -0.140. The third kappa shape index (κ3) is 3.26. The smallest absolute Gasteiger partial charge is 0.324 e. The van der Waals surface area contributed by atoms with Gasteiger partial charge in [0.15, 0.2) is 0 Å². The lowest BCUT2D eigenvalue weighted by atomic mass is 9.81. The summed E-state index contributed by atoms with van der Waals surface area (Å²) in [5.74, 6) is -0.999. The number of nitrogens with two attached hydrogens (primary N) is 1. The highest BCUT2D eigenvalue weighted by atomic mass is 19.4. The van der Waals surface area contributed by atoms with Crippen LogP contribution in [0.15, 0.2) is 18.2 Å². The van der Waals surface area contributed by atoms with E-state index in [-0.39, 0.29) is 12.0 Å². The summed E-state index contributed by atoms with van der Waals surface area (Å²) < 4.78 is 50.9. The zero-order valence-corrected chi connectivity index (χ0v) is 10.5. The maximum absolute atomic E-state index is 13.5. The summed E-state index contributed by atoms with van der Waals surface area (Å²) in [7, 11) is 0. The molecule has 1 saturated carbocycles. The highest BCUT2D eigenvalue weighted by Gasteiger charge is 2.34. The molecule has 1 atom stereocenters. The molecule has 0 saturated heterocycles. The maximum Gasteiger partial charge on any atom is 0.419 e. The second-order valence-corrected chi connectivity index (χ2v) is 5.16. The number of halogens is 4. The van der Waals surface area contributed by atoms with Crippen LogP contribution in [0, 0.1) is 11.7 Å². The standard InChI is InChI=1S/C14H17F4N/c15-12-8-10(6-7-11(12)14(16,17)18)13(19)9-4-2-1-3-5-9/h6-9,13H,1-5,19H2. The van der Waals surface area contributed by atoms with Gasteiger partial charge in [0, 0.05) is 6.04 Å². The van der Waals surface area contributed by atoms with E-state index in [4.69, 9.17) is 5.73 Å². The third-order valence-corrected chi connectivity index (χ3v) is 3.84. The molecule has 106 valence electrons. The number of hydrogen-bond acceptors (Lipinski definition) is 1. The van der Waals surface area contributed by atoms with Crippen LogP contribution in [-0.2, 0) is 6.18 Å². The van der Waals surface area contributed by atoms with Crippen molar-refractivity contribution in [3.05, 3.63) is 35.1 Å². The van der Waals surface area contributed by atoms with Crippen LogP contribution in [0.25, 0.3) is 0 Å². The van der Waals surface area contributed by atoms with Crippen molar-refractivity contribution in [2.75, 3.05) is 0 Å². The molecule has 2 N–H and O–H groups in total. The molecule has 1 nitrogen and oxygen atoms in total. The van der Waals surface area contributed by atoms with E-state index >= 15 is 0 Å². The first kappa shape index (κ1) is 14.3. The molecule has 0 aromatic heterocycles. The second-order valence-electron chi connectivity index (χ2n) is 5.16. The Kier molecular flexibility index (Phi) is 4.13. The lowest BCUT2D eigenvalue weighted by Gasteiger charge is -2.28. The summed E-state index contributed by atoms with van der Waals surface area (Å²) in [4.78, 5) is 0. The molecule has 19 heavy (non-hydrogen) atoms. The summed E-state index contributed by atoms with van der Waals surface area (Å²) in [5, 5.41) is 0. The molecular weight excluding hydrogens is 258 g/mol. The number of hydrogen-bond donors (Lipinski definition) is 1. The Bertz CT molecular complexity index is 436. The van der Waals surface area contributed by atoms with E-state index in [9.17, 15) is 17.6 Å². The minimum Gasteiger partial charge on any atom is -0.324 e. The minimum absolute atomic E-state index is 0.241. The molecule has 0 radical (unpaired) electrons. The SMILES string of the molecule is NC(c1ccc(C(F)(F)F)c(F)c1)C1CCCCC1. The van der Waals surface area contributed by atoms with Crippen LogP contribution in [0.1, 0.15) is 49.3 Å². The molecule has 0 aliphatic heterocycles. The molecule has 1 aliphatic rings. The Balaban J connectivity index is 2.19. The van der Waals surface area contributed by atoms with Crippen LogP contribution in [0.3, 0.4) is 0 Å². The predicted molar refractivity (Wildman–Crippen MR) is 64.9 cm³/mol. The molecule has 0 spiro atoms. The molecule has 1 unspecified atom stereocenters. The van der Waals surface area contributed by atoms with Gasteiger partial charge in [-0.05, 0) is 36.5 Å². The second kappa shape index (κ2) is 5.49. The van der Waals surface area contributed by atoms with E-state index in [1.807, 2.05) is 0 Å². The summed E-state index contributed by atoms with van der Waals surface area (Å²) in [6.45, 7) is 0. The largest absolute Gasteiger partial charge is 0.419 e. The molecule has 1 aromatic rings. The van der Waals surface area contributed by atoms with Crippen LogP contribution in [-0.4, -0.2) is 0 Å². The van der Waals surface area contributed by atoms with Crippen molar-refractivity contribution in [3.8, 4) is 0 Å². The van der Waals surface area contributed by atoms with Crippen molar-refractivity contribution >= 4 is 0 Å². The lowest BCUT2D eigenvalue weighted by Crippen LogP contribution is -2.24. The molecule has 5 heteroatoms. The fourth-order valence-electron chi connectivity index (χ4n) is 2.73. The van der Waals surface area contributed by atoms with Gasteiger partial charge in [0.2, 0.25) is 0 Å². The molecule has 2 rings (SSSR count).